The Morgan fingerprint density at radius 2 is 2.22 bits per heavy atom. The molecule has 0 saturated carbocycles. The van der Waals surface area contributed by atoms with Gasteiger partial charge in [0, 0.05) is 29.7 Å². The molecule has 1 saturated heterocycles. The Bertz CT molecular complexity index is 383. The molecule has 1 aliphatic heterocycles. The molecule has 18 heavy (non-hydrogen) atoms. The van der Waals surface area contributed by atoms with Gasteiger partial charge in [0.1, 0.15) is 0 Å². The summed E-state index contributed by atoms with van der Waals surface area (Å²) in [5, 5.41) is 3.45. The summed E-state index contributed by atoms with van der Waals surface area (Å²) in [6.45, 7) is 2.96. The monoisotopic (exact) mass is 265 g/mol. The number of thioether (sulfide) groups is 1. The molecular weight excluding hydrogens is 246 g/mol. The van der Waals surface area contributed by atoms with E-state index in [1.54, 1.807) is 0 Å². The van der Waals surface area contributed by atoms with Crippen LogP contribution in [0.25, 0.3) is 0 Å². The normalized spacial score (nSPS) is 22.9. The first-order chi connectivity index (χ1) is 8.75. The van der Waals surface area contributed by atoms with E-state index >= 15 is 0 Å². The van der Waals surface area contributed by atoms with Crippen LogP contribution in [-0.4, -0.2) is 29.6 Å². The van der Waals surface area contributed by atoms with Crippen molar-refractivity contribution >= 4 is 23.4 Å². The Kier molecular flexibility index (Phi) is 5.08. The van der Waals surface area contributed by atoms with E-state index in [0.717, 1.165) is 24.5 Å². The minimum Gasteiger partial charge on any atom is -0.377 e. The smallest absolute Gasteiger partial charge is 0.225 e. The molecule has 0 bridgehead atoms. The van der Waals surface area contributed by atoms with Gasteiger partial charge in [-0.05, 0) is 25.5 Å². The van der Waals surface area contributed by atoms with Crippen LogP contribution in [0.4, 0.5) is 5.69 Å². The van der Waals surface area contributed by atoms with Crippen LogP contribution in [0.1, 0.15) is 19.8 Å². The predicted octanol–water partition coefficient (Wildman–Crippen LogP) is 2.93. The lowest BCUT2D eigenvalue weighted by molar-refractivity contribution is -0.115. The molecule has 1 N–H and O–H groups in total. The van der Waals surface area contributed by atoms with Crippen molar-refractivity contribution in [2.75, 3.05) is 17.7 Å². The standard InChI is InChI=1S/C14H19NO2S/c1-11-13(7-9-17-11)18-10-8-14(16)15-12-5-3-2-4-6-12/h2-6,11,13H,7-10H2,1H3,(H,15,16)/t11-,13-/m1/s1. The number of nitrogens with one attached hydrogen (secondary N) is 1. The third-order valence-corrected chi connectivity index (χ3v) is 4.51. The largest absolute Gasteiger partial charge is 0.377 e. The molecule has 0 spiro atoms. The summed E-state index contributed by atoms with van der Waals surface area (Å²) in [5.74, 6) is 0.942. The van der Waals surface area contributed by atoms with Crippen LogP contribution in [0, 0.1) is 0 Å². The number of amides is 1. The highest BCUT2D eigenvalue weighted by molar-refractivity contribution is 7.99. The van der Waals surface area contributed by atoms with E-state index in [1.807, 2.05) is 42.1 Å². The van der Waals surface area contributed by atoms with Gasteiger partial charge in [0.15, 0.2) is 0 Å². The molecule has 3 nitrogen and oxygen atoms in total. The highest BCUT2D eigenvalue weighted by Gasteiger charge is 2.24. The second-order valence-corrected chi connectivity index (χ2v) is 5.79. The van der Waals surface area contributed by atoms with Gasteiger partial charge in [-0.2, -0.15) is 11.8 Å². The third-order valence-electron chi connectivity index (χ3n) is 3.03. The molecular formula is C14H19NO2S. The van der Waals surface area contributed by atoms with E-state index in [0.29, 0.717) is 17.8 Å². The molecule has 0 aromatic heterocycles. The Balaban J connectivity index is 1.66. The molecule has 4 heteroatoms. The van der Waals surface area contributed by atoms with Crippen LogP contribution < -0.4 is 5.32 Å². The summed E-state index contributed by atoms with van der Waals surface area (Å²) in [4.78, 5) is 11.7. The first-order valence-corrected chi connectivity index (χ1v) is 7.38. The van der Waals surface area contributed by atoms with E-state index < -0.39 is 0 Å². The summed E-state index contributed by atoms with van der Waals surface area (Å²) in [6.07, 6.45) is 1.99. The molecule has 1 aromatic rings. The number of carbonyl (C=O) groups excluding carboxylic acids is 1. The minimum absolute atomic E-state index is 0.0836. The molecule has 98 valence electrons. The Morgan fingerprint density at radius 1 is 1.44 bits per heavy atom. The van der Waals surface area contributed by atoms with Crippen molar-refractivity contribution in [2.24, 2.45) is 0 Å². The minimum atomic E-state index is 0.0836. The van der Waals surface area contributed by atoms with Gasteiger partial charge in [0.25, 0.3) is 0 Å². The molecule has 1 amide bonds. The van der Waals surface area contributed by atoms with E-state index in [2.05, 4.69) is 12.2 Å². The molecule has 2 rings (SSSR count). The van der Waals surface area contributed by atoms with Crippen LogP contribution in [0.2, 0.25) is 0 Å². The zero-order valence-corrected chi connectivity index (χ0v) is 11.4. The van der Waals surface area contributed by atoms with Crippen LogP contribution in [0.5, 0.6) is 0 Å². The summed E-state index contributed by atoms with van der Waals surface area (Å²) in [5.41, 5.74) is 0.866. The van der Waals surface area contributed by atoms with Gasteiger partial charge in [-0.15, -0.1) is 0 Å². The van der Waals surface area contributed by atoms with Crippen molar-refractivity contribution in [1.82, 2.24) is 0 Å². The molecule has 2 atom stereocenters. The maximum Gasteiger partial charge on any atom is 0.225 e. The number of hydrogen-bond donors (Lipinski definition) is 1. The average Bonchev–Trinajstić information content (AvgIpc) is 2.76. The topological polar surface area (TPSA) is 38.3 Å². The maximum absolute atomic E-state index is 11.7. The number of para-hydroxylation sites is 1. The zero-order valence-electron chi connectivity index (χ0n) is 10.6. The first-order valence-electron chi connectivity index (χ1n) is 6.34. The molecule has 0 unspecified atom stereocenters. The highest BCUT2D eigenvalue weighted by Crippen LogP contribution is 2.26. The highest BCUT2D eigenvalue weighted by atomic mass is 32.2. The Hall–Kier alpha value is -1.00. The molecule has 0 aliphatic carbocycles. The zero-order chi connectivity index (χ0) is 12.8. The number of rotatable bonds is 5. The summed E-state index contributed by atoms with van der Waals surface area (Å²) >= 11 is 1.85. The van der Waals surface area contributed by atoms with Gasteiger partial charge in [-0.1, -0.05) is 18.2 Å². The van der Waals surface area contributed by atoms with Crippen LogP contribution in [-0.2, 0) is 9.53 Å². The summed E-state index contributed by atoms with van der Waals surface area (Å²) in [6, 6.07) is 9.58. The Morgan fingerprint density at radius 3 is 2.89 bits per heavy atom. The van der Waals surface area contributed by atoms with E-state index in [4.69, 9.17) is 4.74 Å². The Labute approximate surface area is 112 Å². The molecule has 0 radical (unpaired) electrons. The maximum atomic E-state index is 11.7. The average molecular weight is 265 g/mol. The lowest BCUT2D eigenvalue weighted by Crippen LogP contribution is -2.16. The number of ether oxygens (including phenoxy) is 1. The number of benzene rings is 1. The van der Waals surface area contributed by atoms with Gasteiger partial charge in [-0.3, -0.25) is 4.79 Å². The number of carbonyl (C=O) groups is 1. The van der Waals surface area contributed by atoms with E-state index in [9.17, 15) is 4.79 Å². The van der Waals surface area contributed by atoms with Crippen molar-refractivity contribution in [3.8, 4) is 0 Å². The number of anilines is 1. The number of hydrogen-bond acceptors (Lipinski definition) is 3. The van der Waals surface area contributed by atoms with Crippen molar-refractivity contribution in [1.29, 1.82) is 0 Å². The van der Waals surface area contributed by atoms with Crippen molar-refractivity contribution in [2.45, 2.75) is 31.1 Å². The molecule has 1 aromatic carbocycles. The first kappa shape index (κ1) is 13.4. The fourth-order valence-corrected chi connectivity index (χ4v) is 3.20. The molecule has 1 heterocycles. The second kappa shape index (κ2) is 6.81. The van der Waals surface area contributed by atoms with Crippen LogP contribution in [0.15, 0.2) is 30.3 Å². The van der Waals surface area contributed by atoms with Crippen molar-refractivity contribution in [3.63, 3.8) is 0 Å². The summed E-state index contributed by atoms with van der Waals surface area (Å²) in [7, 11) is 0. The third kappa shape index (κ3) is 4.03. The van der Waals surface area contributed by atoms with Gasteiger partial charge < -0.3 is 10.1 Å². The van der Waals surface area contributed by atoms with Crippen molar-refractivity contribution < 1.29 is 9.53 Å². The van der Waals surface area contributed by atoms with E-state index in [-0.39, 0.29) is 5.91 Å². The van der Waals surface area contributed by atoms with Crippen LogP contribution >= 0.6 is 11.8 Å². The van der Waals surface area contributed by atoms with Gasteiger partial charge in [0.05, 0.1) is 6.10 Å². The second-order valence-electron chi connectivity index (χ2n) is 4.44. The fourth-order valence-electron chi connectivity index (χ4n) is 1.98. The fraction of sp³-hybridized carbons (Fsp3) is 0.500. The lowest BCUT2D eigenvalue weighted by atomic mass is 10.3. The van der Waals surface area contributed by atoms with Gasteiger partial charge >= 0.3 is 0 Å². The van der Waals surface area contributed by atoms with Gasteiger partial charge in [-0.25, -0.2) is 0 Å². The SMILES string of the molecule is C[C@H]1OCC[C@H]1SCCC(=O)Nc1ccccc1. The quantitative estimate of drug-likeness (QED) is 0.889. The summed E-state index contributed by atoms with van der Waals surface area (Å²) < 4.78 is 5.50. The molecule has 1 aliphatic rings. The van der Waals surface area contributed by atoms with Crippen LogP contribution in [0.3, 0.4) is 0 Å². The van der Waals surface area contributed by atoms with E-state index in [1.165, 1.54) is 0 Å². The van der Waals surface area contributed by atoms with Gasteiger partial charge in [0.2, 0.25) is 5.91 Å². The van der Waals surface area contributed by atoms with Crippen molar-refractivity contribution in [3.05, 3.63) is 30.3 Å². The lowest BCUT2D eigenvalue weighted by Gasteiger charge is -2.13. The molecule has 1 fully saturated rings. The predicted molar refractivity (Wildman–Crippen MR) is 76.0 cm³/mol.